The maximum atomic E-state index is 13.3. The minimum atomic E-state index is -0.991. The van der Waals surface area contributed by atoms with Crippen LogP contribution in [0.15, 0.2) is 12.1 Å². The number of nitrogens with two attached hydrogens (primary N) is 1. The van der Waals surface area contributed by atoms with Crippen LogP contribution in [0.1, 0.15) is 30.1 Å². The lowest BCUT2D eigenvalue weighted by atomic mass is 9.92. The van der Waals surface area contributed by atoms with Crippen molar-refractivity contribution in [2.75, 3.05) is 13.1 Å². The molecule has 0 saturated carbocycles. The van der Waals surface area contributed by atoms with Gasteiger partial charge in [0.05, 0.1) is 5.56 Å². The minimum Gasteiger partial charge on any atom is -0.338 e. The van der Waals surface area contributed by atoms with Crippen molar-refractivity contribution in [3.63, 3.8) is 0 Å². The Morgan fingerprint density at radius 2 is 2.10 bits per heavy atom. The lowest BCUT2D eigenvalue weighted by molar-refractivity contribution is 0.0659. The molecule has 110 valence electrons. The first-order valence-electron chi connectivity index (χ1n) is 6.59. The first-order chi connectivity index (χ1) is 9.40. The number of hydrogen-bond donors (Lipinski definition) is 1. The largest absolute Gasteiger partial charge is 0.338 e. The van der Waals surface area contributed by atoms with Crippen LogP contribution < -0.4 is 5.73 Å². The van der Waals surface area contributed by atoms with Crippen molar-refractivity contribution >= 4 is 28.5 Å². The Morgan fingerprint density at radius 3 is 2.75 bits per heavy atom. The fourth-order valence-electron chi connectivity index (χ4n) is 2.48. The van der Waals surface area contributed by atoms with E-state index in [4.69, 9.17) is 5.73 Å². The third-order valence-electron chi connectivity index (χ3n) is 3.73. The highest BCUT2D eigenvalue weighted by Gasteiger charge is 2.28. The van der Waals surface area contributed by atoms with E-state index < -0.39 is 11.6 Å². The molecule has 6 heteroatoms. The summed E-state index contributed by atoms with van der Waals surface area (Å²) in [6.07, 6.45) is 1.88. The summed E-state index contributed by atoms with van der Waals surface area (Å²) in [6, 6.07) is 2.06. The van der Waals surface area contributed by atoms with Gasteiger partial charge in [0.25, 0.3) is 5.91 Å². The number of likely N-dealkylation sites (tertiary alicyclic amines) is 1. The molecule has 20 heavy (non-hydrogen) atoms. The molecule has 1 aliphatic heterocycles. The second-order valence-corrected chi connectivity index (χ2v) is 6.42. The average Bonchev–Trinajstić information content (AvgIpc) is 2.42. The molecular weight excluding hydrogens is 377 g/mol. The molecular formula is C14H17F2IN2O. The van der Waals surface area contributed by atoms with Gasteiger partial charge in [0, 0.05) is 22.7 Å². The molecule has 1 aromatic carbocycles. The normalized spacial score (nSPS) is 20.9. The number of amides is 1. The topological polar surface area (TPSA) is 46.3 Å². The van der Waals surface area contributed by atoms with Crippen molar-refractivity contribution < 1.29 is 13.6 Å². The Hall–Kier alpha value is -0.760. The van der Waals surface area contributed by atoms with Crippen LogP contribution in [0.25, 0.3) is 0 Å². The van der Waals surface area contributed by atoms with Gasteiger partial charge in [-0.1, -0.05) is 0 Å². The van der Waals surface area contributed by atoms with E-state index in [2.05, 4.69) is 0 Å². The van der Waals surface area contributed by atoms with E-state index in [0.29, 0.717) is 16.7 Å². The van der Waals surface area contributed by atoms with Gasteiger partial charge in [-0.25, -0.2) is 8.78 Å². The zero-order valence-electron chi connectivity index (χ0n) is 11.2. The molecule has 1 aliphatic rings. The van der Waals surface area contributed by atoms with Crippen molar-refractivity contribution in [2.24, 2.45) is 11.7 Å². The van der Waals surface area contributed by atoms with Crippen LogP contribution in [0.2, 0.25) is 0 Å². The van der Waals surface area contributed by atoms with Crippen LogP contribution in [0.5, 0.6) is 0 Å². The van der Waals surface area contributed by atoms with Gasteiger partial charge in [-0.15, -0.1) is 0 Å². The Bertz CT molecular complexity index is 522. The lowest BCUT2D eigenvalue weighted by Crippen LogP contribution is -2.45. The van der Waals surface area contributed by atoms with E-state index in [1.807, 2.05) is 29.5 Å². The average molecular weight is 394 g/mol. The van der Waals surface area contributed by atoms with Gasteiger partial charge < -0.3 is 10.6 Å². The second-order valence-electron chi connectivity index (χ2n) is 5.26. The summed E-state index contributed by atoms with van der Waals surface area (Å²) in [4.78, 5) is 14.1. The van der Waals surface area contributed by atoms with Gasteiger partial charge in [-0.05, 0) is 60.4 Å². The third-order valence-corrected chi connectivity index (χ3v) is 4.62. The monoisotopic (exact) mass is 394 g/mol. The van der Waals surface area contributed by atoms with Crippen LogP contribution >= 0.6 is 22.6 Å². The van der Waals surface area contributed by atoms with Gasteiger partial charge >= 0.3 is 0 Å². The van der Waals surface area contributed by atoms with Crippen LogP contribution in [0, 0.1) is 21.1 Å². The maximum Gasteiger partial charge on any atom is 0.255 e. The molecule has 1 aromatic rings. The van der Waals surface area contributed by atoms with E-state index in [9.17, 15) is 13.6 Å². The molecule has 0 radical (unpaired) electrons. The summed E-state index contributed by atoms with van der Waals surface area (Å²) in [7, 11) is 0. The molecule has 1 heterocycles. The predicted molar refractivity (Wildman–Crippen MR) is 81.4 cm³/mol. The summed E-state index contributed by atoms with van der Waals surface area (Å²) in [5.41, 5.74) is 6.11. The highest BCUT2D eigenvalue weighted by Crippen LogP contribution is 2.23. The quantitative estimate of drug-likeness (QED) is 0.620. The number of rotatable bonds is 2. The summed E-state index contributed by atoms with van der Waals surface area (Å²) in [6.45, 7) is 3.14. The van der Waals surface area contributed by atoms with E-state index in [1.54, 1.807) is 4.90 Å². The van der Waals surface area contributed by atoms with Crippen molar-refractivity contribution in [1.29, 1.82) is 0 Å². The Kier molecular flexibility index (Phi) is 4.95. The molecule has 2 atom stereocenters. The van der Waals surface area contributed by atoms with Crippen molar-refractivity contribution in [3.05, 3.63) is 32.9 Å². The number of hydrogen-bond acceptors (Lipinski definition) is 2. The molecule has 0 aliphatic carbocycles. The number of nitrogens with zero attached hydrogens (tertiary/aromatic N) is 1. The Morgan fingerprint density at radius 1 is 1.45 bits per heavy atom. The van der Waals surface area contributed by atoms with E-state index in [0.717, 1.165) is 25.0 Å². The standard InChI is InChI=1S/C14H17F2IN2O/c1-8(18)9-3-2-4-19(7-9)14(20)10-5-11(15)12(16)6-13(10)17/h5-6,8-9H,2-4,7,18H2,1H3. The first-order valence-corrected chi connectivity index (χ1v) is 7.67. The molecule has 0 aromatic heterocycles. The highest BCUT2D eigenvalue weighted by molar-refractivity contribution is 14.1. The van der Waals surface area contributed by atoms with Gasteiger partial charge in [0.1, 0.15) is 0 Å². The number of benzene rings is 1. The zero-order chi connectivity index (χ0) is 14.9. The van der Waals surface area contributed by atoms with Crippen LogP contribution in [-0.2, 0) is 0 Å². The van der Waals surface area contributed by atoms with Gasteiger partial charge in [-0.3, -0.25) is 4.79 Å². The molecule has 2 unspecified atom stereocenters. The summed E-state index contributed by atoms with van der Waals surface area (Å²) in [5.74, 6) is -1.91. The Labute approximate surface area is 130 Å². The molecule has 1 amide bonds. The van der Waals surface area contributed by atoms with Crippen molar-refractivity contribution in [2.45, 2.75) is 25.8 Å². The van der Waals surface area contributed by atoms with Gasteiger partial charge in [0.2, 0.25) is 0 Å². The number of piperidine rings is 1. The highest BCUT2D eigenvalue weighted by atomic mass is 127. The summed E-state index contributed by atoms with van der Waals surface area (Å²) in [5, 5.41) is 0. The van der Waals surface area contributed by atoms with Gasteiger partial charge in [0.15, 0.2) is 11.6 Å². The molecule has 0 bridgehead atoms. The minimum absolute atomic E-state index is 0.0228. The van der Waals surface area contributed by atoms with Crippen LogP contribution in [-0.4, -0.2) is 29.9 Å². The number of carbonyl (C=O) groups is 1. The van der Waals surface area contributed by atoms with Crippen LogP contribution in [0.3, 0.4) is 0 Å². The molecule has 1 fully saturated rings. The molecule has 0 spiro atoms. The number of carbonyl (C=O) groups excluding carboxylic acids is 1. The van der Waals surface area contributed by atoms with Crippen molar-refractivity contribution in [1.82, 2.24) is 4.90 Å². The second kappa shape index (κ2) is 6.34. The van der Waals surface area contributed by atoms with Gasteiger partial charge in [-0.2, -0.15) is 0 Å². The Balaban J connectivity index is 2.21. The lowest BCUT2D eigenvalue weighted by Gasteiger charge is -2.34. The summed E-state index contributed by atoms with van der Waals surface area (Å²) >= 11 is 1.85. The molecule has 3 nitrogen and oxygen atoms in total. The number of halogens is 3. The zero-order valence-corrected chi connectivity index (χ0v) is 13.4. The summed E-state index contributed by atoms with van der Waals surface area (Å²) < 4.78 is 26.9. The molecule has 1 saturated heterocycles. The fraction of sp³-hybridized carbons (Fsp3) is 0.500. The fourth-order valence-corrected chi connectivity index (χ4v) is 3.14. The first kappa shape index (κ1) is 15.6. The van der Waals surface area contributed by atoms with E-state index in [1.165, 1.54) is 0 Å². The maximum absolute atomic E-state index is 13.3. The molecule has 2 rings (SSSR count). The third kappa shape index (κ3) is 3.28. The SMILES string of the molecule is CC(N)C1CCCN(C(=O)c2cc(F)c(F)cc2I)C1. The smallest absolute Gasteiger partial charge is 0.255 e. The van der Waals surface area contributed by atoms with Crippen LogP contribution in [0.4, 0.5) is 8.78 Å². The molecule has 2 N–H and O–H groups in total. The predicted octanol–water partition coefficient (Wildman–Crippen LogP) is 2.77. The van der Waals surface area contributed by atoms with E-state index in [-0.39, 0.29) is 23.4 Å². The van der Waals surface area contributed by atoms with Crippen molar-refractivity contribution in [3.8, 4) is 0 Å². The van der Waals surface area contributed by atoms with E-state index >= 15 is 0 Å².